The molecule has 146 valence electrons. The van der Waals surface area contributed by atoms with E-state index in [2.05, 4.69) is 5.32 Å². The van der Waals surface area contributed by atoms with Crippen molar-refractivity contribution >= 4 is 23.5 Å². The summed E-state index contributed by atoms with van der Waals surface area (Å²) < 4.78 is 5.10. The van der Waals surface area contributed by atoms with Crippen molar-refractivity contribution in [3.63, 3.8) is 0 Å². The van der Waals surface area contributed by atoms with Crippen LogP contribution in [0.2, 0.25) is 0 Å². The first kappa shape index (κ1) is 19.6. The van der Waals surface area contributed by atoms with Crippen LogP contribution >= 0.6 is 0 Å². The third kappa shape index (κ3) is 5.42. The number of hydrogen-bond donors (Lipinski definition) is 1. The minimum atomic E-state index is -0.576. The van der Waals surface area contributed by atoms with Gasteiger partial charge in [0.05, 0.1) is 5.56 Å². The highest BCUT2D eigenvalue weighted by molar-refractivity contribution is 5.97. The van der Waals surface area contributed by atoms with Crippen LogP contribution in [0.4, 0.5) is 5.69 Å². The van der Waals surface area contributed by atoms with Crippen LogP contribution in [-0.2, 0) is 20.7 Å². The Hall–Kier alpha value is -3.15. The summed E-state index contributed by atoms with van der Waals surface area (Å²) >= 11 is 0. The molecule has 1 heterocycles. The molecule has 0 unspecified atom stereocenters. The van der Waals surface area contributed by atoms with Gasteiger partial charge in [-0.25, -0.2) is 4.79 Å². The van der Waals surface area contributed by atoms with Crippen LogP contribution in [0.5, 0.6) is 0 Å². The number of anilines is 1. The molecular formula is C22H24N2O4. The molecule has 6 nitrogen and oxygen atoms in total. The van der Waals surface area contributed by atoms with Crippen LogP contribution < -0.4 is 10.2 Å². The molecule has 0 atom stereocenters. The molecule has 6 heteroatoms. The Morgan fingerprint density at radius 2 is 1.89 bits per heavy atom. The van der Waals surface area contributed by atoms with E-state index >= 15 is 0 Å². The third-order valence-corrected chi connectivity index (χ3v) is 4.61. The molecule has 1 fully saturated rings. The maximum Gasteiger partial charge on any atom is 0.338 e. The number of nitrogens with one attached hydrogen (secondary N) is 1. The molecule has 0 bridgehead atoms. The van der Waals surface area contributed by atoms with E-state index in [-0.39, 0.29) is 18.4 Å². The van der Waals surface area contributed by atoms with E-state index in [1.807, 2.05) is 30.3 Å². The van der Waals surface area contributed by atoms with Gasteiger partial charge < -0.3 is 15.0 Å². The highest BCUT2D eigenvalue weighted by Gasteiger charge is 2.22. The zero-order chi connectivity index (χ0) is 19.8. The van der Waals surface area contributed by atoms with E-state index in [9.17, 15) is 14.4 Å². The molecule has 0 saturated carbocycles. The summed E-state index contributed by atoms with van der Waals surface area (Å²) in [4.78, 5) is 37.6. The Morgan fingerprint density at radius 3 is 2.64 bits per heavy atom. The van der Waals surface area contributed by atoms with Crippen LogP contribution in [0, 0.1) is 0 Å². The van der Waals surface area contributed by atoms with Crippen molar-refractivity contribution in [1.82, 2.24) is 5.32 Å². The quantitative estimate of drug-likeness (QED) is 0.564. The number of hydrogen-bond acceptors (Lipinski definition) is 4. The average Bonchev–Trinajstić information content (AvgIpc) is 3.16. The lowest BCUT2D eigenvalue weighted by Gasteiger charge is -2.16. The molecule has 2 aromatic carbocycles. The highest BCUT2D eigenvalue weighted by atomic mass is 16.5. The van der Waals surface area contributed by atoms with Gasteiger partial charge in [0.2, 0.25) is 5.91 Å². The fourth-order valence-electron chi connectivity index (χ4n) is 3.15. The molecular weight excluding hydrogens is 356 g/mol. The monoisotopic (exact) mass is 380 g/mol. The summed E-state index contributed by atoms with van der Waals surface area (Å²) in [7, 11) is 0. The summed E-state index contributed by atoms with van der Waals surface area (Å²) in [6, 6.07) is 16.8. The molecule has 3 rings (SSSR count). The van der Waals surface area contributed by atoms with Crippen molar-refractivity contribution in [1.29, 1.82) is 0 Å². The second kappa shape index (κ2) is 9.69. The lowest BCUT2D eigenvalue weighted by molar-refractivity contribution is -0.124. The molecule has 28 heavy (non-hydrogen) atoms. The number of ether oxygens (including phenoxy) is 1. The van der Waals surface area contributed by atoms with Gasteiger partial charge in [-0.05, 0) is 43.0 Å². The van der Waals surface area contributed by atoms with Gasteiger partial charge in [-0.3, -0.25) is 9.59 Å². The van der Waals surface area contributed by atoms with E-state index < -0.39 is 5.97 Å². The lowest BCUT2D eigenvalue weighted by atomic mass is 10.1. The van der Waals surface area contributed by atoms with Gasteiger partial charge in [-0.15, -0.1) is 0 Å². The fraction of sp³-hybridized carbons (Fsp3) is 0.318. The van der Waals surface area contributed by atoms with Gasteiger partial charge in [0.15, 0.2) is 6.61 Å². The van der Waals surface area contributed by atoms with Gasteiger partial charge in [0.1, 0.15) is 0 Å². The smallest absolute Gasteiger partial charge is 0.338 e. The first-order valence-corrected chi connectivity index (χ1v) is 9.51. The van der Waals surface area contributed by atoms with Crippen LogP contribution in [0.25, 0.3) is 0 Å². The second-order valence-electron chi connectivity index (χ2n) is 6.71. The normalized spacial score (nSPS) is 13.4. The van der Waals surface area contributed by atoms with E-state index in [0.29, 0.717) is 30.8 Å². The van der Waals surface area contributed by atoms with Gasteiger partial charge in [-0.1, -0.05) is 36.4 Å². The fourth-order valence-corrected chi connectivity index (χ4v) is 3.15. The Balaban J connectivity index is 1.41. The van der Waals surface area contributed by atoms with Crippen molar-refractivity contribution in [2.45, 2.75) is 25.7 Å². The Morgan fingerprint density at radius 1 is 1.07 bits per heavy atom. The van der Waals surface area contributed by atoms with Crippen molar-refractivity contribution in [3.05, 3.63) is 65.7 Å². The number of carbonyl (C=O) groups excluding carboxylic acids is 3. The van der Waals surface area contributed by atoms with E-state index in [0.717, 1.165) is 19.3 Å². The summed E-state index contributed by atoms with van der Waals surface area (Å²) in [5.41, 5.74) is 2.23. The maximum atomic E-state index is 12.2. The van der Waals surface area contributed by atoms with Crippen molar-refractivity contribution in [3.8, 4) is 0 Å². The SMILES string of the molecule is O=C(COC(=O)c1cccc(N2CCCC2=O)c1)NCCCc1ccccc1. The number of aryl methyl sites for hydroxylation is 1. The molecule has 1 N–H and O–H groups in total. The van der Waals surface area contributed by atoms with Crippen LogP contribution in [-0.4, -0.2) is 37.5 Å². The Bertz CT molecular complexity index is 835. The summed E-state index contributed by atoms with van der Waals surface area (Å²) in [6.07, 6.45) is 3.04. The zero-order valence-electron chi connectivity index (χ0n) is 15.7. The average molecular weight is 380 g/mol. The molecule has 1 aliphatic rings. The molecule has 0 spiro atoms. The van der Waals surface area contributed by atoms with Gasteiger partial charge >= 0.3 is 5.97 Å². The summed E-state index contributed by atoms with van der Waals surface area (Å²) in [5.74, 6) is -0.847. The number of rotatable bonds is 8. The van der Waals surface area contributed by atoms with Crippen molar-refractivity contribution in [2.24, 2.45) is 0 Å². The van der Waals surface area contributed by atoms with Gasteiger partial charge in [0, 0.05) is 25.2 Å². The molecule has 0 radical (unpaired) electrons. The molecule has 0 aliphatic carbocycles. The lowest BCUT2D eigenvalue weighted by Crippen LogP contribution is -2.30. The third-order valence-electron chi connectivity index (χ3n) is 4.61. The van der Waals surface area contributed by atoms with E-state index in [1.165, 1.54) is 5.56 Å². The van der Waals surface area contributed by atoms with Gasteiger partial charge in [-0.2, -0.15) is 0 Å². The Labute approximate surface area is 164 Å². The molecule has 2 aromatic rings. The minimum absolute atomic E-state index is 0.0559. The minimum Gasteiger partial charge on any atom is -0.452 e. The van der Waals surface area contributed by atoms with Crippen molar-refractivity contribution in [2.75, 3.05) is 24.6 Å². The first-order chi connectivity index (χ1) is 13.6. The number of amides is 2. The van der Waals surface area contributed by atoms with Gasteiger partial charge in [0.25, 0.3) is 5.91 Å². The van der Waals surface area contributed by atoms with Crippen LogP contribution in [0.15, 0.2) is 54.6 Å². The van der Waals surface area contributed by atoms with Crippen LogP contribution in [0.1, 0.15) is 35.2 Å². The number of esters is 1. The Kier molecular flexibility index (Phi) is 6.78. The number of benzene rings is 2. The number of nitrogens with zero attached hydrogens (tertiary/aromatic N) is 1. The van der Waals surface area contributed by atoms with E-state index in [4.69, 9.17) is 4.74 Å². The topological polar surface area (TPSA) is 75.7 Å². The summed E-state index contributed by atoms with van der Waals surface area (Å²) in [6.45, 7) is 0.859. The highest BCUT2D eigenvalue weighted by Crippen LogP contribution is 2.22. The molecule has 0 aromatic heterocycles. The molecule has 1 saturated heterocycles. The van der Waals surface area contributed by atoms with E-state index in [1.54, 1.807) is 29.2 Å². The zero-order valence-corrected chi connectivity index (χ0v) is 15.7. The predicted molar refractivity (Wildman–Crippen MR) is 106 cm³/mol. The summed E-state index contributed by atoms with van der Waals surface area (Å²) in [5, 5.41) is 2.75. The second-order valence-corrected chi connectivity index (χ2v) is 6.71. The molecule has 2 amide bonds. The number of carbonyl (C=O) groups is 3. The van der Waals surface area contributed by atoms with Crippen molar-refractivity contribution < 1.29 is 19.1 Å². The standard InChI is InChI=1S/C22H24N2O4/c25-20(23-13-5-9-17-7-2-1-3-8-17)16-28-22(27)18-10-4-11-19(15-18)24-14-6-12-21(24)26/h1-4,7-8,10-11,15H,5-6,9,12-14,16H2,(H,23,25). The maximum absolute atomic E-state index is 12.2. The largest absolute Gasteiger partial charge is 0.452 e. The first-order valence-electron chi connectivity index (χ1n) is 9.51. The van der Waals surface area contributed by atoms with Crippen LogP contribution in [0.3, 0.4) is 0 Å². The predicted octanol–water partition coefficient (Wildman–Crippen LogP) is 2.72. The molecule has 1 aliphatic heterocycles.